The first-order valence-electron chi connectivity index (χ1n) is 8.75. The average molecular weight is 335 g/mol. The van der Waals surface area contributed by atoms with Crippen molar-refractivity contribution in [1.29, 1.82) is 0 Å². The molecule has 0 atom stereocenters. The van der Waals surface area contributed by atoms with Crippen LogP contribution in [-0.4, -0.2) is 4.98 Å². The zero-order valence-electron chi connectivity index (χ0n) is 14.4. The summed E-state index contributed by atoms with van der Waals surface area (Å²) < 4.78 is 6.17. The third-order valence-corrected chi connectivity index (χ3v) is 4.80. The highest BCUT2D eigenvalue weighted by atomic mass is 16.3. The lowest BCUT2D eigenvalue weighted by atomic mass is 9.94. The van der Waals surface area contributed by atoms with Crippen LogP contribution in [0, 0.1) is 6.92 Å². The summed E-state index contributed by atoms with van der Waals surface area (Å²) >= 11 is 0. The summed E-state index contributed by atoms with van der Waals surface area (Å²) in [4.78, 5) is 4.95. The number of para-hydroxylation sites is 1. The summed E-state index contributed by atoms with van der Waals surface area (Å²) in [6, 6.07) is 29.0. The summed E-state index contributed by atoms with van der Waals surface area (Å²) in [5.74, 6) is 0. The summed E-state index contributed by atoms with van der Waals surface area (Å²) in [5, 5.41) is 2.27. The molecule has 0 N–H and O–H groups in total. The van der Waals surface area contributed by atoms with Crippen molar-refractivity contribution in [1.82, 2.24) is 4.98 Å². The van der Waals surface area contributed by atoms with Crippen LogP contribution in [0.4, 0.5) is 0 Å². The van der Waals surface area contributed by atoms with E-state index in [1.165, 1.54) is 0 Å². The second-order valence-corrected chi connectivity index (χ2v) is 6.46. The first-order chi connectivity index (χ1) is 12.8. The molecule has 0 amide bonds. The topological polar surface area (TPSA) is 26.0 Å². The third kappa shape index (κ3) is 2.23. The Morgan fingerprint density at radius 1 is 0.692 bits per heavy atom. The highest BCUT2D eigenvalue weighted by Crippen LogP contribution is 2.42. The average Bonchev–Trinajstić information content (AvgIpc) is 3.09. The van der Waals surface area contributed by atoms with Crippen molar-refractivity contribution in [2.75, 3.05) is 0 Å². The molecule has 0 fully saturated rings. The number of aromatic nitrogens is 1. The summed E-state index contributed by atoms with van der Waals surface area (Å²) in [6.07, 6.45) is 0. The van der Waals surface area contributed by atoms with Crippen LogP contribution in [0.15, 0.2) is 89.3 Å². The zero-order chi connectivity index (χ0) is 17.5. The van der Waals surface area contributed by atoms with Gasteiger partial charge in [-0.3, -0.25) is 0 Å². The Hall–Kier alpha value is -3.39. The molecule has 2 heterocycles. The molecular formula is C24H17NO. The lowest BCUT2D eigenvalue weighted by Crippen LogP contribution is -1.94. The van der Waals surface area contributed by atoms with E-state index in [-0.39, 0.29) is 0 Å². The van der Waals surface area contributed by atoms with E-state index in [2.05, 4.69) is 60.7 Å². The highest BCUT2D eigenvalue weighted by molar-refractivity contribution is 6.15. The van der Waals surface area contributed by atoms with E-state index in [0.717, 1.165) is 50.0 Å². The molecule has 26 heavy (non-hydrogen) atoms. The number of fused-ring (bicyclic) bond motifs is 3. The van der Waals surface area contributed by atoms with E-state index in [1.54, 1.807) is 0 Å². The van der Waals surface area contributed by atoms with Gasteiger partial charge in [-0.2, -0.15) is 0 Å². The maximum absolute atomic E-state index is 6.17. The van der Waals surface area contributed by atoms with Gasteiger partial charge in [0.15, 0.2) is 5.58 Å². The Kier molecular flexibility index (Phi) is 3.36. The first-order valence-corrected chi connectivity index (χ1v) is 8.75. The standard InChI is InChI=1S/C24H17NO/c1-16-24-22(19-14-8-9-15-20(19)26-24)21(17-10-4-2-5-11-17)23(25-16)18-12-6-3-7-13-18/h2-15H,1H3. The molecule has 5 aromatic rings. The fourth-order valence-electron chi connectivity index (χ4n) is 3.63. The van der Waals surface area contributed by atoms with Gasteiger partial charge in [-0.1, -0.05) is 78.9 Å². The Morgan fingerprint density at radius 2 is 1.31 bits per heavy atom. The van der Waals surface area contributed by atoms with Crippen LogP contribution in [0.1, 0.15) is 5.69 Å². The number of aryl methyl sites for hydroxylation is 1. The molecule has 0 aliphatic heterocycles. The summed E-state index contributed by atoms with van der Waals surface area (Å²) in [7, 11) is 0. The minimum atomic E-state index is 0.865. The molecule has 0 unspecified atom stereocenters. The predicted octanol–water partition coefficient (Wildman–Crippen LogP) is 6.62. The van der Waals surface area contributed by atoms with Crippen molar-refractivity contribution in [2.45, 2.75) is 6.92 Å². The van der Waals surface area contributed by atoms with Gasteiger partial charge in [0, 0.05) is 21.9 Å². The monoisotopic (exact) mass is 335 g/mol. The number of furan rings is 1. The van der Waals surface area contributed by atoms with Gasteiger partial charge in [-0.05, 0) is 18.6 Å². The second-order valence-electron chi connectivity index (χ2n) is 6.46. The van der Waals surface area contributed by atoms with Gasteiger partial charge in [0.25, 0.3) is 0 Å². The third-order valence-electron chi connectivity index (χ3n) is 4.80. The van der Waals surface area contributed by atoms with E-state index in [4.69, 9.17) is 9.40 Å². The largest absolute Gasteiger partial charge is 0.454 e. The minimum Gasteiger partial charge on any atom is -0.454 e. The predicted molar refractivity (Wildman–Crippen MR) is 107 cm³/mol. The Balaban J connectivity index is 2.01. The van der Waals surface area contributed by atoms with Gasteiger partial charge in [-0.25, -0.2) is 4.98 Å². The van der Waals surface area contributed by atoms with Crippen molar-refractivity contribution < 1.29 is 4.42 Å². The van der Waals surface area contributed by atoms with Crippen molar-refractivity contribution in [3.05, 3.63) is 90.6 Å². The molecule has 2 aromatic heterocycles. The van der Waals surface area contributed by atoms with Crippen molar-refractivity contribution in [3.8, 4) is 22.4 Å². The highest BCUT2D eigenvalue weighted by Gasteiger charge is 2.20. The van der Waals surface area contributed by atoms with Gasteiger partial charge in [0.05, 0.1) is 11.4 Å². The summed E-state index contributed by atoms with van der Waals surface area (Å²) in [6.45, 7) is 2.02. The van der Waals surface area contributed by atoms with Crippen LogP contribution in [0.5, 0.6) is 0 Å². The zero-order valence-corrected chi connectivity index (χ0v) is 14.4. The van der Waals surface area contributed by atoms with E-state index in [1.807, 2.05) is 31.2 Å². The molecule has 0 aliphatic rings. The number of benzene rings is 3. The van der Waals surface area contributed by atoms with Gasteiger partial charge in [-0.15, -0.1) is 0 Å². The van der Waals surface area contributed by atoms with Crippen LogP contribution >= 0.6 is 0 Å². The number of hydrogen-bond donors (Lipinski definition) is 0. The molecular weight excluding hydrogens is 318 g/mol. The lowest BCUT2D eigenvalue weighted by Gasteiger charge is -2.12. The number of hydrogen-bond acceptors (Lipinski definition) is 2. The Labute approximate surface area is 151 Å². The maximum Gasteiger partial charge on any atom is 0.157 e. The molecule has 0 bridgehead atoms. The van der Waals surface area contributed by atoms with Crippen LogP contribution in [-0.2, 0) is 0 Å². The van der Waals surface area contributed by atoms with Crippen LogP contribution in [0.3, 0.4) is 0 Å². The van der Waals surface area contributed by atoms with E-state index in [0.29, 0.717) is 0 Å². The maximum atomic E-state index is 6.17. The van der Waals surface area contributed by atoms with E-state index in [9.17, 15) is 0 Å². The number of nitrogens with zero attached hydrogens (tertiary/aromatic N) is 1. The summed E-state index contributed by atoms with van der Waals surface area (Å²) in [5.41, 5.74) is 7.06. The molecule has 0 spiro atoms. The molecule has 124 valence electrons. The molecule has 0 saturated heterocycles. The van der Waals surface area contributed by atoms with E-state index >= 15 is 0 Å². The first kappa shape index (κ1) is 14.9. The molecule has 0 aliphatic carbocycles. The Morgan fingerprint density at radius 3 is 2.04 bits per heavy atom. The normalized spacial score (nSPS) is 11.3. The number of pyridine rings is 1. The van der Waals surface area contributed by atoms with Gasteiger partial charge in [0.1, 0.15) is 5.58 Å². The van der Waals surface area contributed by atoms with Crippen LogP contribution < -0.4 is 0 Å². The Bertz CT molecular complexity index is 1220. The smallest absolute Gasteiger partial charge is 0.157 e. The molecule has 5 rings (SSSR count). The van der Waals surface area contributed by atoms with Crippen molar-refractivity contribution in [2.24, 2.45) is 0 Å². The van der Waals surface area contributed by atoms with Gasteiger partial charge in [0.2, 0.25) is 0 Å². The van der Waals surface area contributed by atoms with E-state index < -0.39 is 0 Å². The van der Waals surface area contributed by atoms with Gasteiger partial charge >= 0.3 is 0 Å². The molecule has 2 nitrogen and oxygen atoms in total. The van der Waals surface area contributed by atoms with Gasteiger partial charge < -0.3 is 4.42 Å². The quantitative estimate of drug-likeness (QED) is 0.362. The molecule has 3 aromatic carbocycles. The van der Waals surface area contributed by atoms with Crippen molar-refractivity contribution >= 4 is 21.9 Å². The fourth-order valence-corrected chi connectivity index (χ4v) is 3.63. The van der Waals surface area contributed by atoms with Crippen LogP contribution in [0.2, 0.25) is 0 Å². The second kappa shape index (κ2) is 5.85. The molecule has 2 heteroatoms. The van der Waals surface area contributed by atoms with Crippen molar-refractivity contribution in [3.63, 3.8) is 0 Å². The van der Waals surface area contributed by atoms with Crippen LogP contribution in [0.25, 0.3) is 44.3 Å². The number of rotatable bonds is 2. The minimum absolute atomic E-state index is 0.865. The fraction of sp³-hybridized carbons (Fsp3) is 0.0417. The SMILES string of the molecule is Cc1nc(-c2ccccc2)c(-c2ccccc2)c2c1oc1ccccc12. The molecule has 0 radical (unpaired) electrons. The lowest BCUT2D eigenvalue weighted by molar-refractivity contribution is 0.663. The molecule has 0 saturated carbocycles.